The van der Waals surface area contributed by atoms with Crippen LogP contribution in [-0.2, 0) is 13.2 Å². The molecule has 1 heterocycles. The predicted molar refractivity (Wildman–Crippen MR) is 89.0 cm³/mol. The van der Waals surface area contributed by atoms with Gasteiger partial charge in [-0.05, 0) is 31.2 Å². The topological polar surface area (TPSA) is 100 Å². The summed E-state index contributed by atoms with van der Waals surface area (Å²) in [6, 6.07) is 9.35. The molecular formula is C18H15F2N3O4. The quantitative estimate of drug-likeness (QED) is 0.681. The highest BCUT2D eigenvalue weighted by Crippen LogP contribution is 2.23. The van der Waals surface area contributed by atoms with E-state index >= 15 is 0 Å². The first-order valence-electron chi connectivity index (χ1n) is 7.85. The first kappa shape index (κ1) is 18.3. The molecule has 7 nitrogen and oxygen atoms in total. The highest BCUT2D eigenvalue weighted by atomic mass is 19.1. The van der Waals surface area contributed by atoms with Crippen LogP contribution in [0.2, 0.25) is 0 Å². The Morgan fingerprint density at radius 2 is 1.85 bits per heavy atom. The van der Waals surface area contributed by atoms with Gasteiger partial charge in [0.1, 0.15) is 17.1 Å². The van der Waals surface area contributed by atoms with Gasteiger partial charge in [0.2, 0.25) is 5.82 Å². The van der Waals surface area contributed by atoms with Gasteiger partial charge < -0.3 is 19.7 Å². The van der Waals surface area contributed by atoms with Crippen LogP contribution in [0.5, 0.6) is 11.5 Å². The molecule has 0 unspecified atom stereocenters. The number of carbonyl (C=O) groups is 1. The van der Waals surface area contributed by atoms with Gasteiger partial charge in [0.15, 0.2) is 24.8 Å². The lowest BCUT2D eigenvalue weighted by molar-refractivity contribution is 0.0991. The van der Waals surface area contributed by atoms with Crippen molar-refractivity contribution in [3.05, 3.63) is 70.9 Å². The lowest BCUT2D eigenvalue weighted by Gasteiger charge is -2.07. The molecule has 0 radical (unpaired) electrons. The number of hydrogen-bond donors (Lipinski definition) is 1. The van der Waals surface area contributed by atoms with Crippen LogP contribution in [0.1, 0.15) is 27.6 Å². The van der Waals surface area contributed by atoms with Crippen LogP contribution in [0.4, 0.5) is 8.78 Å². The zero-order chi connectivity index (χ0) is 19.4. The second kappa shape index (κ2) is 7.81. The van der Waals surface area contributed by atoms with Crippen molar-refractivity contribution in [3.8, 4) is 11.5 Å². The average Bonchev–Trinajstić information content (AvgIpc) is 3.08. The summed E-state index contributed by atoms with van der Waals surface area (Å²) in [5, 5.41) is 3.72. The number of benzene rings is 2. The number of carbonyl (C=O) groups excluding carboxylic acids is 1. The van der Waals surface area contributed by atoms with Gasteiger partial charge >= 0.3 is 0 Å². The number of aromatic nitrogens is 2. The Bertz CT molecular complexity index is 958. The van der Waals surface area contributed by atoms with Gasteiger partial charge in [-0.1, -0.05) is 22.9 Å². The molecule has 0 fully saturated rings. The molecule has 2 N–H and O–H groups in total. The van der Waals surface area contributed by atoms with Gasteiger partial charge in [-0.3, -0.25) is 4.79 Å². The second-order valence-corrected chi connectivity index (χ2v) is 5.59. The molecule has 3 rings (SSSR count). The third-order valence-corrected chi connectivity index (χ3v) is 3.55. The van der Waals surface area contributed by atoms with Crippen molar-refractivity contribution in [2.45, 2.75) is 20.1 Å². The number of halogens is 2. The number of amides is 1. The van der Waals surface area contributed by atoms with E-state index in [1.165, 1.54) is 0 Å². The van der Waals surface area contributed by atoms with Crippen molar-refractivity contribution in [1.29, 1.82) is 0 Å². The summed E-state index contributed by atoms with van der Waals surface area (Å²) in [4.78, 5) is 15.2. The number of primary amides is 1. The second-order valence-electron chi connectivity index (χ2n) is 5.59. The van der Waals surface area contributed by atoms with Crippen molar-refractivity contribution >= 4 is 5.91 Å². The van der Waals surface area contributed by atoms with E-state index in [0.717, 1.165) is 17.7 Å². The zero-order valence-corrected chi connectivity index (χ0v) is 14.2. The largest absolute Gasteiger partial charge is 0.485 e. The van der Waals surface area contributed by atoms with Crippen molar-refractivity contribution in [2.75, 3.05) is 0 Å². The van der Waals surface area contributed by atoms with Gasteiger partial charge in [0.05, 0.1) is 0 Å². The molecule has 0 aliphatic carbocycles. The standard InChI is InChI=1S/C18H15F2N3O4/c1-10-2-4-11(5-3-10)25-8-14-22-15(27-23-14)9-26-13-7-6-12(19)16(17(13)20)18(21)24/h2-7H,8-9H2,1H3,(H2,21,24). The number of ether oxygens (including phenoxy) is 2. The molecule has 9 heteroatoms. The first-order chi connectivity index (χ1) is 12.9. The number of aryl methyl sites for hydroxylation is 1. The number of rotatable bonds is 7. The summed E-state index contributed by atoms with van der Waals surface area (Å²) in [6.45, 7) is 1.76. The van der Waals surface area contributed by atoms with E-state index in [2.05, 4.69) is 10.1 Å². The Morgan fingerprint density at radius 1 is 1.11 bits per heavy atom. The highest BCUT2D eigenvalue weighted by molar-refractivity contribution is 5.93. The molecule has 27 heavy (non-hydrogen) atoms. The molecule has 0 aliphatic rings. The predicted octanol–water partition coefficient (Wildman–Crippen LogP) is 2.91. The van der Waals surface area contributed by atoms with Crippen molar-refractivity contribution in [3.63, 3.8) is 0 Å². The normalized spacial score (nSPS) is 10.6. The summed E-state index contributed by atoms with van der Waals surface area (Å²) in [7, 11) is 0. The SMILES string of the molecule is Cc1ccc(OCc2noc(COc3ccc(F)c(C(N)=O)c3F)n2)cc1. The van der Waals surface area contributed by atoms with Gasteiger partial charge in [-0.15, -0.1) is 0 Å². The average molecular weight is 375 g/mol. The van der Waals surface area contributed by atoms with Gasteiger partial charge in [-0.2, -0.15) is 4.98 Å². The van der Waals surface area contributed by atoms with Crippen molar-refractivity contribution in [1.82, 2.24) is 10.1 Å². The molecule has 0 bridgehead atoms. The lowest BCUT2D eigenvalue weighted by atomic mass is 10.1. The number of hydrogen-bond acceptors (Lipinski definition) is 6. The molecule has 1 amide bonds. The number of nitrogens with two attached hydrogens (primary N) is 1. The van der Waals surface area contributed by atoms with E-state index in [1.807, 2.05) is 31.2 Å². The van der Waals surface area contributed by atoms with Crippen LogP contribution in [0, 0.1) is 18.6 Å². The molecule has 0 saturated heterocycles. The smallest absolute Gasteiger partial charge is 0.264 e. The van der Waals surface area contributed by atoms with Crippen LogP contribution in [0.3, 0.4) is 0 Å². The molecule has 0 aliphatic heterocycles. The summed E-state index contributed by atoms with van der Waals surface area (Å²) < 4.78 is 43.2. The third kappa shape index (κ3) is 4.38. The molecule has 2 aromatic carbocycles. The Morgan fingerprint density at radius 3 is 2.56 bits per heavy atom. The maximum Gasteiger partial charge on any atom is 0.264 e. The maximum atomic E-state index is 14.1. The van der Waals surface area contributed by atoms with Gasteiger partial charge in [-0.25, -0.2) is 8.78 Å². The highest BCUT2D eigenvalue weighted by Gasteiger charge is 2.20. The molecule has 3 aromatic rings. The van der Waals surface area contributed by atoms with Crippen LogP contribution in [0.15, 0.2) is 40.9 Å². The summed E-state index contributed by atoms with van der Waals surface area (Å²) in [5.74, 6) is -2.88. The maximum absolute atomic E-state index is 14.1. The van der Waals surface area contributed by atoms with E-state index in [-0.39, 0.29) is 30.7 Å². The molecule has 0 saturated carbocycles. The van der Waals surface area contributed by atoms with Crippen molar-refractivity contribution in [2.24, 2.45) is 5.73 Å². The molecular weight excluding hydrogens is 360 g/mol. The molecule has 1 aromatic heterocycles. The fourth-order valence-corrected chi connectivity index (χ4v) is 2.20. The van der Waals surface area contributed by atoms with Crippen LogP contribution in [-0.4, -0.2) is 16.0 Å². The number of nitrogens with zero attached hydrogens (tertiary/aromatic N) is 2. The van der Waals surface area contributed by atoms with Crippen LogP contribution < -0.4 is 15.2 Å². The van der Waals surface area contributed by atoms with Crippen molar-refractivity contribution < 1.29 is 27.6 Å². The summed E-state index contributed by atoms with van der Waals surface area (Å²) >= 11 is 0. The van der Waals surface area contributed by atoms with E-state index in [9.17, 15) is 13.6 Å². The third-order valence-electron chi connectivity index (χ3n) is 3.55. The van der Waals surface area contributed by atoms with Gasteiger partial charge in [0.25, 0.3) is 11.8 Å². The van der Waals surface area contributed by atoms with E-state index in [0.29, 0.717) is 5.75 Å². The minimum absolute atomic E-state index is 0.0573. The fourth-order valence-electron chi connectivity index (χ4n) is 2.20. The minimum atomic E-state index is -1.23. The molecule has 0 spiro atoms. The van der Waals surface area contributed by atoms with Crippen LogP contribution in [0.25, 0.3) is 0 Å². The Labute approximate surface area is 152 Å². The Kier molecular flexibility index (Phi) is 5.30. The zero-order valence-electron chi connectivity index (χ0n) is 14.2. The van der Waals surface area contributed by atoms with Gasteiger partial charge in [0, 0.05) is 0 Å². The Balaban J connectivity index is 1.61. The van der Waals surface area contributed by atoms with E-state index in [1.54, 1.807) is 0 Å². The van der Waals surface area contributed by atoms with E-state index < -0.39 is 23.1 Å². The lowest BCUT2D eigenvalue weighted by Crippen LogP contribution is -2.16. The molecule has 140 valence electrons. The molecule has 0 atom stereocenters. The monoisotopic (exact) mass is 375 g/mol. The fraction of sp³-hybridized carbons (Fsp3) is 0.167. The minimum Gasteiger partial charge on any atom is -0.485 e. The first-order valence-corrected chi connectivity index (χ1v) is 7.85. The summed E-state index contributed by atoms with van der Waals surface area (Å²) in [6.07, 6.45) is 0. The van der Waals surface area contributed by atoms with Crippen LogP contribution >= 0.6 is 0 Å². The Hall–Kier alpha value is -3.49. The summed E-state index contributed by atoms with van der Waals surface area (Å²) in [5.41, 5.74) is 5.19. The van der Waals surface area contributed by atoms with E-state index in [4.69, 9.17) is 19.7 Å².